The largest absolute Gasteiger partial charge is 0.403 e. The maximum absolute atomic E-state index is 12.1. The average molecular weight is 382 g/mol. The molecule has 4 aliphatic heterocycles. The fourth-order valence-electron chi connectivity index (χ4n) is 3.95. The van der Waals surface area contributed by atoms with Gasteiger partial charge in [0, 0.05) is 36.8 Å². The number of anilines is 1. The quantitative estimate of drug-likeness (QED) is 0.712. The fourth-order valence-corrected chi connectivity index (χ4v) is 3.95. The minimum Gasteiger partial charge on any atom is -0.403 e. The van der Waals surface area contributed by atoms with E-state index in [-0.39, 0.29) is 12.6 Å². The van der Waals surface area contributed by atoms with Crippen molar-refractivity contribution < 1.29 is 23.5 Å². The summed E-state index contributed by atoms with van der Waals surface area (Å²) < 4.78 is 17.1. The molecule has 6 rings (SSSR count). The van der Waals surface area contributed by atoms with E-state index in [9.17, 15) is 9.59 Å². The Labute approximate surface area is 160 Å². The Bertz CT molecular complexity index is 913. The number of carbonyl (C=O) groups is 2. The molecule has 2 bridgehead atoms. The van der Waals surface area contributed by atoms with Crippen LogP contribution in [0.2, 0.25) is 0 Å². The molecule has 28 heavy (non-hydrogen) atoms. The van der Waals surface area contributed by atoms with Gasteiger partial charge in [0.25, 0.3) is 0 Å². The normalized spacial score (nSPS) is 25.9. The number of benzene rings is 1. The van der Waals surface area contributed by atoms with E-state index in [1.165, 1.54) is 0 Å². The van der Waals surface area contributed by atoms with E-state index in [0.29, 0.717) is 25.0 Å². The van der Waals surface area contributed by atoms with E-state index >= 15 is 0 Å². The third-order valence-electron chi connectivity index (χ3n) is 5.31. The molecule has 1 aromatic heterocycles. The Balaban J connectivity index is 1.51. The summed E-state index contributed by atoms with van der Waals surface area (Å²) in [6.07, 6.45) is 3.76. The number of rotatable bonds is 2. The van der Waals surface area contributed by atoms with Crippen LogP contribution >= 0.6 is 0 Å². The molecule has 5 heterocycles. The van der Waals surface area contributed by atoms with Gasteiger partial charge in [-0.3, -0.25) is 0 Å². The van der Waals surface area contributed by atoms with Crippen LogP contribution in [0.4, 0.5) is 6.01 Å². The lowest BCUT2D eigenvalue weighted by Crippen LogP contribution is -2.58. The molecule has 0 radical (unpaired) electrons. The van der Waals surface area contributed by atoms with Crippen LogP contribution < -0.4 is 4.90 Å². The smallest absolute Gasteiger partial charge is 0.339 e. The molecule has 3 saturated heterocycles. The first kappa shape index (κ1) is 16.9. The first-order valence-corrected chi connectivity index (χ1v) is 9.18. The van der Waals surface area contributed by atoms with Crippen LogP contribution in [0.3, 0.4) is 0 Å². The summed E-state index contributed by atoms with van der Waals surface area (Å²) in [5, 5.41) is 8.37. The molecular weight excluding hydrogens is 364 g/mol. The molecule has 0 N–H and O–H groups in total. The van der Waals surface area contributed by atoms with E-state index < -0.39 is 17.8 Å². The Kier molecular flexibility index (Phi) is 3.90. The van der Waals surface area contributed by atoms with Gasteiger partial charge in [-0.05, 0) is 25.0 Å². The van der Waals surface area contributed by atoms with Crippen LogP contribution in [-0.4, -0.2) is 58.6 Å². The topological polar surface area (TPSA) is 98.0 Å². The summed E-state index contributed by atoms with van der Waals surface area (Å²) >= 11 is 0. The monoisotopic (exact) mass is 382 g/mol. The highest BCUT2D eigenvalue weighted by Crippen LogP contribution is 2.36. The second-order valence-electron chi connectivity index (χ2n) is 6.99. The maximum Gasteiger partial charge on any atom is 0.339 e. The van der Waals surface area contributed by atoms with Gasteiger partial charge in [0.15, 0.2) is 0 Å². The number of hydrogen-bond acceptors (Lipinski definition) is 9. The number of piperidine rings is 1. The van der Waals surface area contributed by atoms with Gasteiger partial charge in [-0.2, -0.15) is 0 Å². The lowest BCUT2D eigenvalue weighted by atomic mass is 10.1. The van der Waals surface area contributed by atoms with Gasteiger partial charge in [0.2, 0.25) is 5.89 Å². The van der Waals surface area contributed by atoms with E-state index in [2.05, 4.69) is 10.2 Å². The SMILES string of the molecule is O=C1C=CC(=O)OC2(CN(c3nnc(-c4ccccc4)o3)C3CCN2CC3)O1. The van der Waals surface area contributed by atoms with Crippen LogP contribution in [-0.2, 0) is 19.1 Å². The molecule has 144 valence electrons. The maximum atomic E-state index is 12.1. The summed E-state index contributed by atoms with van der Waals surface area (Å²) in [4.78, 5) is 27.9. The van der Waals surface area contributed by atoms with Crippen molar-refractivity contribution in [2.75, 3.05) is 24.5 Å². The highest BCUT2D eigenvalue weighted by atomic mass is 16.8. The van der Waals surface area contributed by atoms with E-state index in [1.807, 2.05) is 40.1 Å². The van der Waals surface area contributed by atoms with Gasteiger partial charge >= 0.3 is 23.9 Å². The van der Waals surface area contributed by atoms with Crippen molar-refractivity contribution in [1.82, 2.24) is 15.1 Å². The van der Waals surface area contributed by atoms with Gasteiger partial charge in [0.1, 0.15) is 6.54 Å². The fraction of sp³-hybridized carbons (Fsp3) is 0.368. The molecule has 4 aliphatic rings. The van der Waals surface area contributed by atoms with Crippen molar-refractivity contribution in [3.63, 3.8) is 0 Å². The molecule has 1 aromatic carbocycles. The number of aromatic nitrogens is 2. The number of carbonyl (C=O) groups excluding carboxylic acids is 2. The zero-order chi connectivity index (χ0) is 19.1. The molecular formula is C19H18N4O5. The van der Waals surface area contributed by atoms with Crippen LogP contribution in [0.15, 0.2) is 46.9 Å². The molecule has 9 heteroatoms. The Morgan fingerprint density at radius 1 is 0.964 bits per heavy atom. The Morgan fingerprint density at radius 2 is 1.64 bits per heavy atom. The molecule has 2 aromatic rings. The molecule has 0 unspecified atom stereocenters. The predicted molar refractivity (Wildman–Crippen MR) is 95.7 cm³/mol. The van der Waals surface area contributed by atoms with E-state index in [1.54, 1.807) is 0 Å². The minimum atomic E-state index is -1.51. The molecule has 3 fully saturated rings. The van der Waals surface area contributed by atoms with Gasteiger partial charge in [0.05, 0.1) is 0 Å². The van der Waals surface area contributed by atoms with Crippen LogP contribution in [0, 0.1) is 0 Å². The number of nitrogens with zero attached hydrogens (tertiary/aromatic N) is 4. The highest BCUT2D eigenvalue weighted by Gasteiger charge is 2.53. The summed E-state index contributed by atoms with van der Waals surface area (Å²) in [5.74, 6) is -2.34. The second kappa shape index (κ2) is 6.45. The predicted octanol–water partition coefficient (Wildman–Crippen LogP) is 1.33. The summed E-state index contributed by atoms with van der Waals surface area (Å²) in [7, 11) is 0. The van der Waals surface area contributed by atoms with Crippen LogP contribution in [0.5, 0.6) is 0 Å². The highest BCUT2D eigenvalue weighted by molar-refractivity contribution is 5.93. The molecule has 0 atom stereocenters. The molecule has 0 saturated carbocycles. The molecule has 9 nitrogen and oxygen atoms in total. The number of esters is 2. The number of hydrogen-bond donors (Lipinski definition) is 0. The van der Waals surface area contributed by atoms with Crippen molar-refractivity contribution in [2.24, 2.45) is 0 Å². The van der Waals surface area contributed by atoms with Crippen molar-refractivity contribution in [3.05, 3.63) is 42.5 Å². The van der Waals surface area contributed by atoms with E-state index in [4.69, 9.17) is 13.9 Å². The summed E-state index contributed by atoms with van der Waals surface area (Å²) in [6.45, 7) is 1.36. The second-order valence-corrected chi connectivity index (χ2v) is 6.99. The van der Waals surface area contributed by atoms with Crippen LogP contribution in [0.25, 0.3) is 11.5 Å². The molecule has 0 amide bonds. The first-order chi connectivity index (χ1) is 13.6. The zero-order valence-electron chi connectivity index (χ0n) is 15.0. The third-order valence-corrected chi connectivity index (χ3v) is 5.31. The zero-order valence-corrected chi connectivity index (χ0v) is 15.0. The number of fused-ring (bicyclic) bond motifs is 3. The Morgan fingerprint density at radius 3 is 2.32 bits per heavy atom. The molecule has 0 aliphatic carbocycles. The van der Waals surface area contributed by atoms with Gasteiger partial charge in [-0.25, -0.2) is 14.5 Å². The summed E-state index contributed by atoms with van der Waals surface area (Å²) in [5.41, 5.74) is 0.815. The van der Waals surface area contributed by atoms with Crippen molar-refractivity contribution in [3.8, 4) is 11.5 Å². The van der Waals surface area contributed by atoms with Crippen LogP contribution in [0.1, 0.15) is 12.8 Å². The van der Waals surface area contributed by atoms with Crippen molar-refractivity contribution in [1.29, 1.82) is 0 Å². The van der Waals surface area contributed by atoms with Gasteiger partial charge in [-0.1, -0.05) is 23.3 Å². The third kappa shape index (κ3) is 2.84. The lowest BCUT2D eigenvalue weighted by molar-refractivity contribution is -0.274. The van der Waals surface area contributed by atoms with Gasteiger partial charge < -0.3 is 18.8 Å². The van der Waals surface area contributed by atoms with Crippen molar-refractivity contribution >= 4 is 18.0 Å². The molecule has 1 spiro atoms. The summed E-state index contributed by atoms with van der Waals surface area (Å²) in [6, 6.07) is 9.91. The Hall–Kier alpha value is -3.20. The number of ether oxygens (including phenoxy) is 2. The minimum absolute atomic E-state index is 0.104. The van der Waals surface area contributed by atoms with Crippen molar-refractivity contribution in [2.45, 2.75) is 24.8 Å². The average Bonchev–Trinajstić information content (AvgIpc) is 3.04. The first-order valence-electron chi connectivity index (χ1n) is 9.18. The van der Waals surface area contributed by atoms with Gasteiger partial charge in [-0.15, -0.1) is 5.10 Å². The standard InChI is InChI=1S/C19H18N4O5/c24-15-6-7-16(25)28-19(27-15)12-23(14-8-10-22(19)11-9-14)18-21-20-17(26-18)13-4-2-1-3-5-13/h1-7,14H,8-12H2. The lowest BCUT2D eigenvalue weighted by Gasteiger charge is -2.39. The van der Waals surface area contributed by atoms with E-state index in [0.717, 1.165) is 30.6 Å².